The van der Waals surface area contributed by atoms with Crippen molar-refractivity contribution in [1.29, 1.82) is 0 Å². The molecule has 0 unspecified atom stereocenters. The monoisotopic (exact) mass is 270 g/mol. The van der Waals surface area contributed by atoms with E-state index in [1.165, 1.54) is 0 Å². The molecule has 1 N–H and O–H groups in total. The van der Waals surface area contributed by atoms with Crippen LogP contribution in [0.25, 0.3) is 0 Å². The number of aromatic nitrogens is 3. The van der Waals surface area contributed by atoms with Crippen molar-refractivity contribution in [1.82, 2.24) is 20.1 Å². The molecule has 0 atom stereocenters. The number of hydrogen-bond acceptors (Lipinski definition) is 3. The zero-order valence-electron chi connectivity index (χ0n) is 9.32. The van der Waals surface area contributed by atoms with Gasteiger partial charge in [-0.05, 0) is 18.7 Å². The topological polar surface area (TPSA) is 42.7 Å². The Morgan fingerprint density at radius 3 is 2.94 bits per heavy atom. The summed E-state index contributed by atoms with van der Waals surface area (Å²) in [5.74, 6) is 0.755. The van der Waals surface area contributed by atoms with Gasteiger partial charge >= 0.3 is 0 Å². The van der Waals surface area contributed by atoms with Crippen molar-refractivity contribution in [2.24, 2.45) is 0 Å². The first-order valence-corrected chi connectivity index (χ1v) is 5.92. The summed E-state index contributed by atoms with van der Waals surface area (Å²) < 4.78 is 1.74. The molecule has 0 aliphatic heterocycles. The molecule has 1 aromatic carbocycles. The smallest absolute Gasteiger partial charge is 0.164 e. The SMILES string of the molecule is CNCc1ncn(Cc2cccc(Cl)c2Cl)n1. The normalized spacial score (nSPS) is 10.8. The van der Waals surface area contributed by atoms with Crippen LogP contribution in [-0.2, 0) is 13.1 Å². The summed E-state index contributed by atoms with van der Waals surface area (Å²) in [5.41, 5.74) is 0.931. The summed E-state index contributed by atoms with van der Waals surface area (Å²) in [6.07, 6.45) is 1.68. The maximum absolute atomic E-state index is 6.11. The summed E-state index contributed by atoms with van der Waals surface area (Å²) in [6, 6.07) is 5.56. The molecule has 0 bridgehead atoms. The second-order valence-electron chi connectivity index (χ2n) is 3.60. The molecule has 0 saturated carbocycles. The van der Waals surface area contributed by atoms with Crippen molar-refractivity contribution in [2.75, 3.05) is 7.05 Å². The number of hydrogen-bond donors (Lipinski definition) is 1. The van der Waals surface area contributed by atoms with Gasteiger partial charge < -0.3 is 5.32 Å². The van der Waals surface area contributed by atoms with Crippen LogP contribution in [0.4, 0.5) is 0 Å². The molecule has 90 valence electrons. The minimum atomic E-state index is 0.555. The molecule has 0 radical (unpaired) electrons. The van der Waals surface area contributed by atoms with Crippen LogP contribution in [0.1, 0.15) is 11.4 Å². The van der Waals surface area contributed by atoms with E-state index in [1.807, 2.05) is 19.2 Å². The lowest BCUT2D eigenvalue weighted by Crippen LogP contribution is -2.08. The Morgan fingerprint density at radius 2 is 2.18 bits per heavy atom. The average molecular weight is 271 g/mol. The van der Waals surface area contributed by atoms with Crippen molar-refractivity contribution in [3.8, 4) is 0 Å². The van der Waals surface area contributed by atoms with Gasteiger partial charge in [0.1, 0.15) is 6.33 Å². The van der Waals surface area contributed by atoms with E-state index in [9.17, 15) is 0 Å². The van der Waals surface area contributed by atoms with Gasteiger partial charge in [0.2, 0.25) is 0 Å². The molecule has 0 fully saturated rings. The van der Waals surface area contributed by atoms with E-state index in [-0.39, 0.29) is 0 Å². The Kier molecular flexibility index (Phi) is 3.99. The van der Waals surface area contributed by atoms with E-state index in [4.69, 9.17) is 23.2 Å². The summed E-state index contributed by atoms with van der Waals surface area (Å²) in [4.78, 5) is 4.17. The van der Waals surface area contributed by atoms with Gasteiger partial charge in [-0.2, -0.15) is 5.10 Å². The third kappa shape index (κ3) is 2.97. The number of rotatable bonds is 4. The third-order valence-electron chi connectivity index (χ3n) is 2.28. The summed E-state index contributed by atoms with van der Waals surface area (Å²) >= 11 is 12.1. The molecule has 6 heteroatoms. The maximum Gasteiger partial charge on any atom is 0.164 e. The van der Waals surface area contributed by atoms with Crippen LogP contribution in [0, 0.1) is 0 Å². The Labute approximate surface area is 110 Å². The van der Waals surface area contributed by atoms with Crippen molar-refractivity contribution in [2.45, 2.75) is 13.1 Å². The van der Waals surface area contributed by atoms with Gasteiger partial charge in [0.05, 0.1) is 23.1 Å². The Balaban J connectivity index is 2.16. The van der Waals surface area contributed by atoms with Crippen LogP contribution < -0.4 is 5.32 Å². The van der Waals surface area contributed by atoms with E-state index in [1.54, 1.807) is 17.1 Å². The van der Waals surface area contributed by atoms with Gasteiger partial charge in [0.15, 0.2) is 5.82 Å². The summed E-state index contributed by atoms with van der Waals surface area (Å²) in [5, 5.41) is 8.43. The first kappa shape index (κ1) is 12.4. The fourth-order valence-electron chi connectivity index (χ4n) is 1.49. The first-order chi connectivity index (χ1) is 8.20. The van der Waals surface area contributed by atoms with Crippen LogP contribution in [0.15, 0.2) is 24.5 Å². The van der Waals surface area contributed by atoms with Crippen LogP contribution in [0.2, 0.25) is 10.0 Å². The lowest BCUT2D eigenvalue weighted by Gasteiger charge is -2.05. The third-order valence-corrected chi connectivity index (χ3v) is 3.14. The minimum absolute atomic E-state index is 0.555. The van der Waals surface area contributed by atoms with E-state index in [2.05, 4.69) is 15.4 Å². The fourth-order valence-corrected chi connectivity index (χ4v) is 1.87. The fraction of sp³-hybridized carbons (Fsp3) is 0.273. The number of halogens is 2. The highest BCUT2D eigenvalue weighted by Gasteiger charge is 2.06. The Hall–Kier alpha value is -1.10. The highest BCUT2D eigenvalue weighted by atomic mass is 35.5. The zero-order chi connectivity index (χ0) is 12.3. The predicted octanol–water partition coefficient (Wildman–Crippen LogP) is 2.35. The van der Waals surface area contributed by atoms with Gasteiger partial charge in [0.25, 0.3) is 0 Å². The zero-order valence-corrected chi connectivity index (χ0v) is 10.8. The van der Waals surface area contributed by atoms with Gasteiger partial charge in [-0.15, -0.1) is 0 Å². The standard InChI is InChI=1S/C11H12Cl2N4/c1-14-5-10-15-7-17(16-10)6-8-3-2-4-9(12)11(8)13/h2-4,7,14H,5-6H2,1H3. The van der Waals surface area contributed by atoms with Crippen LogP contribution in [0.3, 0.4) is 0 Å². The second kappa shape index (κ2) is 5.49. The predicted molar refractivity (Wildman–Crippen MR) is 68.3 cm³/mol. The molecule has 4 nitrogen and oxygen atoms in total. The van der Waals surface area contributed by atoms with Crippen molar-refractivity contribution < 1.29 is 0 Å². The molecular formula is C11H12Cl2N4. The molecule has 0 aliphatic carbocycles. The average Bonchev–Trinajstić information content (AvgIpc) is 2.73. The Morgan fingerprint density at radius 1 is 1.35 bits per heavy atom. The van der Waals surface area contributed by atoms with Gasteiger partial charge in [-0.25, -0.2) is 9.67 Å². The van der Waals surface area contributed by atoms with Gasteiger partial charge in [-0.3, -0.25) is 0 Å². The maximum atomic E-state index is 6.11. The van der Waals surface area contributed by atoms with Crippen molar-refractivity contribution >= 4 is 23.2 Å². The van der Waals surface area contributed by atoms with E-state index < -0.39 is 0 Å². The van der Waals surface area contributed by atoms with Crippen LogP contribution in [0.5, 0.6) is 0 Å². The molecule has 1 aromatic heterocycles. The molecular weight excluding hydrogens is 259 g/mol. The van der Waals surface area contributed by atoms with Crippen LogP contribution in [-0.4, -0.2) is 21.8 Å². The summed E-state index contributed by atoms with van der Waals surface area (Å²) in [7, 11) is 1.86. The molecule has 17 heavy (non-hydrogen) atoms. The van der Waals surface area contributed by atoms with Crippen molar-refractivity contribution in [3.63, 3.8) is 0 Å². The van der Waals surface area contributed by atoms with E-state index in [0.717, 1.165) is 11.4 Å². The number of nitrogens with one attached hydrogen (secondary N) is 1. The quantitative estimate of drug-likeness (QED) is 0.928. The van der Waals surface area contributed by atoms with Crippen molar-refractivity contribution in [3.05, 3.63) is 46.0 Å². The lowest BCUT2D eigenvalue weighted by atomic mass is 10.2. The molecule has 0 amide bonds. The molecule has 0 aliphatic rings. The molecule has 0 spiro atoms. The van der Waals surface area contributed by atoms with Gasteiger partial charge in [0, 0.05) is 0 Å². The minimum Gasteiger partial charge on any atom is -0.313 e. The number of benzene rings is 1. The van der Waals surface area contributed by atoms with Crippen LogP contribution >= 0.6 is 23.2 Å². The largest absolute Gasteiger partial charge is 0.313 e. The molecule has 2 aromatic rings. The highest BCUT2D eigenvalue weighted by molar-refractivity contribution is 6.42. The molecule has 1 heterocycles. The van der Waals surface area contributed by atoms with E-state index in [0.29, 0.717) is 23.1 Å². The first-order valence-electron chi connectivity index (χ1n) is 5.16. The second-order valence-corrected chi connectivity index (χ2v) is 4.39. The number of nitrogens with zero attached hydrogens (tertiary/aromatic N) is 3. The lowest BCUT2D eigenvalue weighted by molar-refractivity contribution is 0.659. The molecule has 2 rings (SSSR count). The molecule has 0 saturated heterocycles. The van der Waals surface area contributed by atoms with E-state index >= 15 is 0 Å². The highest BCUT2D eigenvalue weighted by Crippen LogP contribution is 2.25. The van der Waals surface area contributed by atoms with Gasteiger partial charge in [-0.1, -0.05) is 35.3 Å². The Bertz CT molecular complexity index is 510. The summed E-state index contributed by atoms with van der Waals surface area (Å²) in [6.45, 7) is 1.21.